The van der Waals surface area contributed by atoms with Gasteiger partial charge in [0.25, 0.3) is 0 Å². The number of carbonyl (C=O) groups is 1. The van der Waals surface area contributed by atoms with Gasteiger partial charge in [0.2, 0.25) is 0 Å². The van der Waals surface area contributed by atoms with Gasteiger partial charge >= 0.3 is 5.97 Å². The summed E-state index contributed by atoms with van der Waals surface area (Å²) in [5.74, 6) is -2.68. The zero-order valence-electron chi connectivity index (χ0n) is 8.23. The van der Waals surface area contributed by atoms with E-state index >= 15 is 0 Å². The predicted octanol–water partition coefficient (Wildman–Crippen LogP) is -1.81. The van der Waals surface area contributed by atoms with Crippen molar-refractivity contribution in [1.29, 1.82) is 5.41 Å². The summed E-state index contributed by atoms with van der Waals surface area (Å²) in [5.41, 5.74) is 13.3. The van der Waals surface area contributed by atoms with Crippen molar-refractivity contribution < 1.29 is 14.6 Å². The summed E-state index contributed by atoms with van der Waals surface area (Å²) in [6, 6.07) is 0. The van der Waals surface area contributed by atoms with E-state index in [4.69, 9.17) is 32.5 Å². The van der Waals surface area contributed by atoms with E-state index in [2.05, 4.69) is 0 Å². The Hall–Kier alpha value is -1.28. The minimum Gasteiger partial charge on any atom is -0.481 e. The quantitative estimate of drug-likeness (QED) is 0.342. The minimum absolute atomic E-state index is 0.196. The molecule has 1 aliphatic rings. The maximum atomic E-state index is 11.0. The number of nitrogens with one attached hydrogen (secondary N) is 1. The first-order valence-corrected chi connectivity index (χ1v) is 4.18. The summed E-state index contributed by atoms with van der Waals surface area (Å²) in [6.45, 7) is 0. The van der Waals surface area contributed by atoms with E-state index in [1.165, 1.54) is 19.3 Å². The zero-order chi connectivity index (χ0) is 11.9. The van der Waals surface area contributed by atoms with E-state index in [9.17, 15) is 4.79 Å². The largest absolute Gasteiger partial charge is 0.481 e. The molecule has 0 aromatic rings. The summed E-state index contributed by atoms with van der Waals surface area (Å²) in [6.07, 6.45) is 2.49. The molecule has 0 aromatic heterocycles. The number of aliphatic carboxylic acids is 1. The smallest absolute Gasteiger partial charge is 0.317 e. The molecule has 0 saturated heterocycles. The molecule has 0 aliphatic heterocycles. The average molecular weight is 214 g/mol. The standard InChI is InChI=1S/C8H14N4O3/c1-15-8(12)5(6(13)14)4(9)2-3-7(8,10)11/h2-3,5,9H,10-12H2,1H3,(H,13,14). The van der Waals surface area contributed by atoms with Gasteiger partial charge in [0.05, 0.1) is 0 Å². The lowest BCUT2D eigenvalue weighted by atomic mass is 9.77. The summed E-state index contributed by atoms with van der Waals surface area (Å²) in [5, 5.41) is 16.4. The molecular formula is C8H14N4O3. The number of methoxy groups -OCH3 is 1. The van der Waals surface area contributed by atoms with Crippen molar-refractivity contribution in [3.05, 3.63) is 12.2 Å². The monoisotopic (exact) mass is 214 g/mol. The fourth-order valence-corrected chi connectivity index (χ4v) is 1.55. The third-order valence-electron chi connectivity index (χ3n) is 2.54. The first-order chi connectivity index (χ1) is 6.76. The lowest BCUT2D eigenvalue weighted by Gasteiger charge is -2.45. The molecule has 2 unspecified atom stereocenters. The Balaban J connectivity index is 3.31. The van der Waals surface area contributed by atoms with Crippen LogP contribution in [0.2, 0.25) is 0 Å². The van der Waals surface area contributed by atoms with Crippen molar-refractivity contribution in [2.45, 2.75) is 11.4 Å². The summed E-state index contributed by atoms with van der Waals surface area (Å²) < 4.78 is 4.89. The van der Waals surface area contributed by atoms with Crippen molar-refractivity contribution in [3.8, 4) is 0 Å². The molecule has 84 valence electrons. The van der Waals surface area contributed by atoms with Gasteiger partial charge in [-0.3, -0.25) is 10.5 Å². The van der Waals surface area contributed by atoms with E-state index in [1.54, 1.807) is 0 Å². The highest BCUT2D eigenvalue weighted by Crippen LogP contribution is 2.30. The Bertz CT molecular complexity index is 339. The maximum Gasteiger partial charge on any atom is 0.317 e. The Labute approximate surface area is 86.4 Å². The van der Waals surface area contributed by atoms with Crippen LogP contribution >= 0.6 is 0 Å². The molecule has 0 aromatic carbocycles. The number of carboxylic acid groups (broad SMARTS) is 1. The highest BCUT2D eigenvalue weighted by atomic mass is 16.5. The molecule has 2 atom stereocenters. The number of hydrogen-bond acceptors (Lipinski definition) is 6. The van der Waals surface area contributed by atoms with E-state index in [1.807, 2.05) is 0 Å². The normalized spacial score (nSPS) is 34.1. The molecule has 0 heterocycles. The van der Waals surface area contributed by atoms with Gasteiger partial charge in [-0.25, -0.2) is 0 Å². The topological polar surface area (TPSA) is 148 Å². The van der Waals surface area contributed by atoms with Gasteiger partial charge in [0.1, 0.15) is 11.6 Å². The maximum absolute atomic E-state index is 11.0. The first kappa shape index (κ1) is 11.8. The minimum atomic E-state index is -1.83. The molecular weight excluding hydrogens is 200 g/mol. The SMILES string of the molecule is COC1(N)C(C(=O)O)C(=N)C=CC1(N)N. The molecule has 0 saturated carbocycles. The Morgan fingerprint density at radius 2 is 2.13 bits per heavy atom. The van der Waals surface area contributed by atoms with Gasteiger partial charge in [0, 0.05) is 12.8 Å². The van der Waals surface area contributed by atoms with Crippen LogP contribution in [-0.4, -0.2) is 35.3 Å². The van der Waals surface area contributed by atoms with Crippen molar-refractivity contribution in [1.82, 2.24) is 0 Å². The molecule has 0 fully saturated rings. The van der Waals surface area contributed by atoms with Gasteiger partial charge in [-0.05, 0) is 12.2 Å². The molecule has 0 radical (unpaired) electrons. The lowest BCUT2D eigenvalue weighted by Crippen LogP contribution is -2.77. The lowest BCUT2D eigenvalue weighted by molar-refractivity contribution is -0.154. The number of rotatable bonds is 2. The molecule has 8 N–H and O–H groups in total. The first-order valence-electron chi connectivity index (χ1n) is 4.18. The molecule has 1 aliphatic carbocycles. The van der Waals surface area contributed by atoms with Crippen molar-refractivity contribution in [2.24, 2.45) is 23.1 Å². The third kappa shape index (κ3) is 1.55. The number of hydrogen-bond donors (Lipinski definition) is 5. The van der Waals surface area contributed by atoms with Crippen LogP contribution in [0.5, 0.6) is 0 Å². The molecule has 7 heteroatoms. The highest BCUT2D eigenvalue weighted by Gasteiger charge is 2.55. The Morgan fingerprint density at radius 3 is 2.47 bits per heavy atom. The summed E-state index contributed by atoms with van der Waals surface area (Å²) in [4.78, 5) is 11.0. The number of nitrogens with two attached hydrogens (primary N) is 3. The van der Waals surface area contributed by atoms with Crippen molar-refractivity contribution in [2.75, 3.05) is 7.11 Å². The van der Waals surface area contributed by atoms with Crippen LogP contribution in [-0.2, 0) is 9.53 Å². The average Bonchev–Trinajstić information content (AvgIpc) is 2.12. The number of carboxylic acids is 1. The van der Waals surface area contributed by atoms with Crippen LogP contribution in [0.4, 0.5) is 0 Å². The molecule has 0 bridgehead atoms. The van der Waals surface area contributed by atoms with Crippen LogP contribution in [0.1, 0.15) is 0 Å². The molecule has 0 amide bonds. The molecule has 1 rings (SSSR count). The number of allylic oxidation sites excluding steroid dienone is 1. The van der Waals surface area contributed by atoms with E-state index in [0.29, 0.717) is 0 Å². The van der Waals surface area contributed by atoms with Crippen molar-refractivity contribution >= 4 is 11.7 Å². The van der Waals surface area contributed by atoms with Crippen LogP contribution in [0.15, 0.2) is 12.2 Å². The molecule has 7 nitrogen and oxygen atoms in total. The second-order valence-electron chi connectivity index (χ2n) is 3.49. The third-order valence-corrected chi connectivity index (χ3v) is 2.54. The van der Waals surface area contributed by atoms with Gasteiger partial charge in [0.15, 0.2) is 5.72 Å². The fraction of sp³-hybridized carbons (Fsp3) is 0.500. The fourth-order valence-electron chi connectivity index (χ4n) is 1.55. The predicted molar refractivity (Wildman–Crippen MR) is 53.0 cm³/mol. The zero-order valence-corrected chi connectivity index (χ0v) is 8.23. The van der Waals surface area contributed by atoms with E-state index in [-0.39, 0.29) is 5.71 Å². The Morgan fingerprint density at radius 1 is 1.60 bits per heavy atom. The second kappa shape index (κ2) is 3.38. The van der Waals surface area contributed by atoms with E-state index < -0.39 is 23.3 Å². The van der Waals surface area contributed by atoms with Gasteiger partial charge in [-0.2, -0.15) is 0 Å². The van der Waals surface area contributed by atoms with Crippen LogP contribution in [0, 0.1) is 11.3 Å². The second-order valence-corrected chi connectivity index (χ2v) is 3.49. The van der Waals surface area contributed by atoms with Crippen molar-refractivity contribution in [3.63, 3.8) is 0 Å². The Kier molecular flexibility index (Phi) is 2.66. The summed E-state index contributed by atoms with van der Waals surface area (Å²) >= 11 is 0. The van der Waals surface area contributed by atoms with Crippen LogP contribution in [0.3, 0.4) is 0 Å². The number of ether oxygens (including phenoxy) is 1. The highest BCUT2D eigenvalue weighted by molar-refractivity contribution is 6.08. The summed E-state index contributed by atoms with van der Waals surface area (Å²) in [7, 11) is 1.21. The van der Waals surface area contributed by atoms with Crippen LogP contribution < -0.4 is 17.2 Å². The van der Waals surface area contributed by atoms with Gasteiger partial charge in [-0.15, -0.1) is 0 Å². The van der Waals surface area contributed by atoms with E-state index in [0.717, 1.165) is 0 Å². The van der Waals surface area contributed by atoms with Crippen LogP contribution in [0.25, 0.3) is 0 Å². The van der Waals surface area contributed by atoms with Gasteiger partial charge in [-0.1, -0.05) is 0 Å². The molecule has 0 spiro atoms. The molecule has 15 heavy (non-hydrogen) atoms. The van der Waals surface area contributed by atoms with Gasteiger partial charge < -0.3 is 26.7 Å².